The number of hydrogen-bond acceptors (Lipinski definition) is 3. The lowest BCUT2D eigenvalue weighted by Crippen LogP contribution is -2.16. The Bertz CT molecular complexity index is 1200. The van der Waals surface area contributed by atoms with Crippen molar-refractivity contribution in [3.63, 3.8) is 0 Å². The number of anilines is 1. The minimum atomic E-state index is -4.73. The van der Waals surface area contributed by atoms with E-state index in [2.05, 4.69) is 5.32 Å². The van der Waals surface area contributed by atoms with Gasteiger partial charge in [-0.2, -0.15) is 13.2 Å². The van der Waals surface area contributed by atoms with Crippen molar-refractivity contribution in [2.75, 3.05) is 5.32 Å². The lowest BCUT2D eigenvalue weighted by Gasteiger charge is -2.16. The van der Waals surface area contributed by atoms with Crippen molar-refractivity contribution in [3.05, 3.63) is 88.5 Å². The van der Waals surface area contributed by atoms with E-state index >= 15 is 0 Å². The average Bonchev–Trinajstić information content (AvgIpc) is 2.70. The van der Waals surface area contributed by atoms with Gasteiger partial charge < -0.3 is 10.1 Å². The average molecular weight is 449 g/mol. The Hall–Kier alpha value is -3.75. The highest BCUT2D eigenvalue weighted by Gasteiger charge is 2.32. The lowest BCUT2D eigenvalue weighted by atomic mass is 10.1. The normalized spacial score (nSPS) is 11.2. The Labute approximate surface area is 179 Å². The molecule has 9 heteroatoms. The van der Waals surface area contributed by atoms with Crippen molar-refractivity contribution >= 4 is 17.4 Å². The van der Waals surface area contributed by atoms with Crippen molar-refractivity contribution in [2.24, 2.45) is 0 Å². The molecule has 0 unspecified atom stereocenters. The summed E-state index contributed by atoms with van der Waals surface area (Å²) in [6.07, 6.45) is -4.73. The summed E-state index contributed by atoms with van der Waals surface area (Å²) >= 11 is 0. The number of benzene rings is 3. The fourth-order valence-electron chi connectivity index (χ4n) is 2.89. The zero-order valence-corrected chi connectivity index (χ0v) is 16.8. The van der Waals surface area contributed by atoms with Crippen molar-refractivity contribution in [1.29, 1.82) is 0 Å². The van der Waals surface area contributed by atoms with E-state index in [9.17, 15) is 31.5 Å². The van der Waals surface area contributed by atoms with Crippen molar-refractivity contribution < 1.29 is 36.3 Å². The van der Waals surface area contributed by atoms with Crippen LogP contribution in [0.5, 0.6) is 11.5 Å². The molecule has 3 aromatic rings. The molecule has 32 heavy (non-hydrogen) atoms. The van der Waals surface area contributed by atoms with E-state index in [0.717, 1.165) is 43.3 Å². The molecule has 0 radical (unpaired) electrons. The molecule has 0 spiro atoms. The number of aryl methyl sites for hydroxylation is 1. The van der Waals surface area contributed by atoms with Gasteiger partial charge in [0.15, 0.2) is 5.78 Å². The van der Waals surface area contributed by atoms with Crippen LogP contribution >= 0.6 is 0 Å². The van der Waals surface area contributed by atoms with Crippen LogP contribution in [0.3, 0.4) is 0 Å². The smallest absolute Gasteiger partial charge is 0.416 e. The van der Waals surface area contributed by atoms with E-state index < -0.39 is 40.6 Å². The van der Waals surface area contributed by atoms with E-state index in [-0.39, 0.29) is 22.7 Å². The summed E-state index contributed by atoms with van der Waals surface area (Å²) in [6.45, 7) is 2.66. The molecule has 0 aromatic heterocycles. The number of ketones is 1. The van der Waals surface area contributed by atoms with Gasteiger partial charge in [-0.05, 0) is 74.0 Å². The monoisotopic (exact) mass is 449 g/mol. The van der Waals surface area contributed by atoms with E-state index in [4.69, 9.17) is 4.74 Å². The number of carbonyl (C=O) groups is 2. The summed E-state index contributed by atoms with van der Waals surface area (Å²) in [5, 5.41) is 2.34. The van der Waals surface area contributed by atoms with E-state index in [1.54, 1.807) is 0 Å². The van der Waals surface area contributed by atoms with Crippen LogP contribution < -0.4 is 10.1 Å². The van der Waals surface area contributed by atoms with Gasteiger partial charge in [-0.1, -0.05) is 0 Å². The maximum Gasteiger partial charge on any atom is 0.416 e. The van der Waals surface area contributed by atoms with Gasteiger partial charge in [0.05, 0.1) is 16.7 Å². The summed E-state index contributed by atoms with van der Waals surface area (Å²) in [7, 11) is 0. The lowest BCUT2D eigenvalue weighted by molar-refractivity contribution is -0.137. The van der Waals surface area contributed by atoms with Gasteiger partial charge in [-0.15, -0.1) is 0 Å². The molecule has 0 aliphatic rings. The third-order valence-electron chi connectivity index (χ3n) is 4.51. The molecule has 0 bridgehead atoms. The second kappa shape index (κ2) is 8.78. The van der Waals surface area contributed by atoms with Crippen LogP contribution in [0.1, 0.15) is 38.8 Å². The highest BCUT2D eigenvalue weighted by molar-refractivity contribution is 6.07. The predicted molar refractivity (Wildman–Crippen MR) is 107 cm³/mol. The van der Waals surface area contributed by atoms with Gasteiger partial charge in [0.1, 0.15) is 23.1 Å². The number of alkyl halides is 3. The van der Waals surface area contributed by atoms with Crippen LogP contribution in [-0.2, 0) is 6.18 Å². The minimum Gasteiger partial charge on any atom is -0.456 e. The standard InChI is InChI=1S/C23H16F5NO3/c1-12-9-15(24)4-8-20(12)32-21-7-3-14(23(26,27)28)10-18(21)22(31)29-16-5-6-19(25)17(11-16)13(2)30/h3-11H,1-2H3,(H,29,31). The number of Topliss-reactive ketones (excluding diaryl/α,β-unsaturated/α-hetero) is 1. The number of amides is 1. The summed E-state index contributed by atoms with van der Waals surface area (Å²) in [5.74, 6) is -2.97. The molecule has 0 atom stereocenters. The molecular weight excluding hydrogens is 433 g/mol. The maximum absolute atomic E-state index is 13.7. The highest BCUT2D eigenvalue weighted by atomic mass is 19.4. The molecular formula is C23H16F5NO3. The van der Waals surface area contributed by atoms with Crippen LogP contribution in [-0.4, -0.2) is 11.7 Å². The third kappa shape index (κ3) is 5.11. The van der Waals surface area contributed by atoms with Gasteiger partial charge in [0.25, 0.3) is 5.91 Å². The molecule has 0 saturated heterocycles. The molecule has 1 amide bonds. The first kappa shape index (κ1) is 22.9. The quantitative estimate of drug-likeness (QED) is 0.356. The Morgan fingerprint density at radius 2 is 1.56 bits per heavy atom. The second-order valence-electron chi connectivity index (χ2n) is 6.93. The van der Waals surface area contributed by atoms with Crippen molar-refractivity contribution in [1.82, 2.24) is 0 Å². The second-order valence-corrected chi connectivity index (χ2v) is 6.93. The zero-order chi connectivity index (χ0) is 23.6. The van der Waals surface area contributed by atoms with E-state index in [1.165, 1.54) is 19.1 Å². The van der Waals surface area contributed by atoms with Gasteiger partial charge in [0.2, 0.25) is 0 Å². The molecule has 3 aromatic carbocycles. The molecule has 0 saturated carbocycles. The predicted octanol–water partition coefficient (Wildman–Crippen LogP) is 6.54. The van der Waals surface area contributed by atoms with Crippen LogP contribution in [0, 0.1) is 18.6 Å². The molecule has 0 fully saturated rings. The summed E-state index contributed by atoms with van der Waals surface area (Å²) in [6, 6.07) is 9.09. The van der Waals surface area contributed by atoms with Gasteiger partial charge >= 0.3 is 6.18 Å². The molecule has 4 nitrogen and oxygen atoms in total. The number of nitrogens with one attached hydrogen (secondary N) is 1. The van der Waals surface area contributed by atoms with Crippen LogP contribution in [0.15, 0.2) is 54.6 Å². The number of halogens is 5. The van der Waals surface area contributed by atoms with Crippen LogP contribution in [0.25, 0.3) is 0 Å². The molecule has 3 rings (SSSR count). The number of ether oxygens (including phenoxy) is 1. The fourth-order valence-corrected chi connectivity index (χ4v) is 2.89. The summed E-state index contributed by atoms with van der Waals surface area (Å²) in [4.78, 5) is 24.3. The summed E-state index contributed by atoms with van der Waals surface area (Å²) in [5.41, 5.74) is -1.47. The first-order chi connectivity index (χ1) is 15.0. The first-order valence-corrected chi connectivity index (χ1v) is 9.23. The Kier molecular flexibility index (Phi) is 6.29. The summed E-state index contributed by atoms with van der Waals surface area (Å²) < 4.78 is 72.3. The molecule has 0 aliphatic heterocycles. The number of carbonyl (C=O) groups excluding carboxylic acids is 2. The van der Waals surface area contributed by atoms with Gasteiger partial charge in [-0.25, -0.2) is 8.78 Å². The molecule has 166 valence electrons. The van der Waals surface area contributed by atoms with Gasteiger partial charge in [-0.3, -0.25) is 9.59 Å². The largest absolute Gasteiger partial charge is 0.456 e. The highest BCUT2D eigenvalue weighted by Crippen LogP contribution is 2.35. The van der Waals surface area contributed by atoms with Crippen LogP contribution in [0.2, 0.25) is 0 Å². The molecule has 0 aliphatic carbocycles. The van der Waals surface area contributed by atoms with Crippen LogP contribution in [0.4, 0.5) is 27.6 Å². The van der Waals surface area contributed by atoms with E-state index in [0.29, 0.717) is 11.6 Å². The SMILES string of the molecule is CC(=O)c1cc(NC(=O)c2cc(C(F)(F)F)ccc2Oc2ccc(F)cc2C)ccc1F. The number of hydrogen-bond donors (Lipinski definition) is 1. The van der Waals surface area contributed by atoms with Crippen molar-refractivity contribution in [2.45, 2.75) is 20.0 Å². The fraction of sp³-hybridized carbons (Fsp3) is 0.130. The maximum atomic E-state index is 13.7. The van der Waals surface area contributed by atoms with E-state index in [1.807, 2.05) is 0 Å². The Balaban J connectivity index is 2.01. The van der Waals surface area contributed by atoms with Gasteiger partial charge in [0, 0.05) is 5.69 Å². The van der Waals surface area contributed by atoms with Crippen molar-refractivity contribution in [3.8, 4) is 11.5 Å². The zero-order valence-electron chi connectivity index (χ0n) is 16.8. The Morgan fingerprint density at radius 1 is 0.875 bits per heavy atom. The third-order valence-corrected chi connectivity index (χ3v) is 4.51. The first-order valence-electron chi connectivity index (χ1n) is 9.23. The topological polar surface area (TPSA) is 55.4 Å². The molecule has 0 heterocycles. The number of rotatable bonds is 5. The Morgan fingerprint density at radius 3 is 2.19 bits per heavy atom. The minimum absolute atomic E-state index is 0.00271. The molecule has 1 N–H and O–H groups in total.